The lowest BCUT2D eigenvalue weighted by atomic mass is 9.99. The molecule has 2 heterocycles. The minimum Gasteiger partial charge on any atom is -0.345 e. The maximum absolute atomic E-state index is 12.2. The largest absolute Gasteiger partial charge is 0.345 e. The molecular formula is C15H24N4O2. The van der Waals surface area contributed by atoms with E-state index >= 15 is 0 Å². The van der Waals surface area contributed by atoms with Crippen molar-refractivity contribution in [1.29, 1.82) is 0 Å². The van der Waals surface area contributed by atoms with Crippen LogP contribution in [-0.2, 0) is 29.6 Å². The molecule has 116 valence electrons. The van der Waals surface area contributed by atoms with Crippen LogP contribution in [0.5, 0.6) is 0 Å². The van der Waals surface area contributed by atoms with Gasteiger partial charge in [-0.15, -0.1) is 0 Å². The molecule has 21 heavy (non-hydrogen) atoms. The molecule has 0 aliphatic carbocycles. The molecule has 2 amide bonds. The number of hydrogen-bond donors (Lipinski definition) is 1. The second-order valence-corrected chi connectivity index (χ2v) is 5.99. The first-order valence-corrected chi connectivity index (χ1v) is 7.51. The molecule has 1 aromatic heterocycles. The van der Waals surface area contributed by atoms with Gasteiger partial charge in [0.2, 0.25) is 11.8 Å². The number of piperazine rings is 1. The first kappa shape index (κ1) is 15.5. The van der Waals surface area contributed by atoms with E-state index in [4.69, 9.17) is 0 Å². The summed E-state index contributed by atoms with van der Waals surface area (Å²) in [5, 5.41) is 7.08. The average Bonchev–Trinajstić information content (AvgIpc) is 2.78. The Hall–Kier alpha value is -1.85. The summed E-state index contributed by atoms with van der Waals surface area (Å²) in [6, 6.07) is 1.62. The van der Waals surface area contributed by atoms with E-state index in [-0.39, 0.29) is 24.4 Å². The highest BCUT2D eigenvalue weighted by atomic mass is 16.2. The van der Waals surface area contributed by atoms with Gasteiger partial charge in [-0.3, -0.25) is 14.3 Å². The summed E-state index contributed by atoms with van der Waals surface area (Å²) in [4.78, 5) is 26.0. The Labute approximate surface area is 125 Å². The molecule has 1 N–H and O–H groups in total. The molecule has 1 unspecified atom stereocenters. The number of carbonyl (C=O) groups is 2. The van der Waals surface area contributed by atoms with Gasteiger partial charge in [0.05, 0.1) is 24.5 Å². The highest BCUT2D eigenvalue weighted by molar-refractivity contribution is 5.94. The molecule has 1 saturated heterocycles. The lowest BCUT2D eigenvalue weighted by Gasteiger charge is -2.35. The predicted octanol–water partition coefficient (Wildman–Crippen LogP) is 0.856. The molecule has 0 radical (unpaired) electrons. The topological polar surface area (TPSA) is 67.2 Å². The Kier molecular flexibility index (Phi) is 4.65. The van der Waals surface area contributed by atoms with Crippen molar-refractivity contribution in [2.75, 3.05) is 6.54 Å². The number of hydrogen-bond acceptors (Lipinski definition) is 3. The quantitative estimate of drug-likeness (QED) is 0.875. The number of aromatic nitrogens is 2. The third-order valence-corrected chi connectivity index (χ3v) is 3.83. The van der Waals surface area contributed by atoms with E-state index in [1.165, 1.54) is 0 Å². The van der Waals surface area contributed by atoms with Crippen molar-refractivity contribution >= 4 is 11.8 Å². The van der Waals surface area contributed by atoms with E-state index < -0.39 is 0 Å². The van der Waals surface area contributed by atoms with E-state index in [1.807, 2.05) is 20.0 Å². The van der Waals surface area contributed by atoms with Gasteiger partial charge in [-0.25, -0.2) is 0 Å². The van der Waals surface area contributed by atoms with Gasteiger partial charge in [-0.2, -0.15) is 5.10 Å². The van der Waals surface area contributed by atoms with Gasteiger partial charge in [0.1, 0.15) is 6.04 Å². The van der Waals surface area contributed by atoms with E-state index in [1.54, 1.807) is 9.58 Å². The first-order chi connectivity index (χ1) is 9.92. The maximum Gasteiger partial charge on any atom is 0.243 e. The van der Waals surface area contributed by atoms with Gasteiger partial charge in [0.25, 0.3) is 0 Å². The van der Waals surface area contributed by atoms with Crippen molar-refractivity contribution in [3.8, 4) is 0 Å². The Morgan fingerprint density at radius 2 is 2.14 bits per heavy atom. The van der Waals surface area contributed by atoms with Crippen molar-refractivity contribution in [2.45, 2.75) is 46.2 Å². The zero-order valence-corrected chi connectivity index (χ0v) is 13.2. The van der Waals surface area contributed by atoms with Crippen LogP contribution in [-0.4, -0.2) is 39.1 Å². The lowest BCUT2D eigenvalue weighted by molar-refractivity contribution is -0.147. The summed E-state index contributed by atoms with van der Waals surface area (Å²) >= 11 is 0. The number of carbonyl (C=O) groups excluding carboxylic acids is 2. The second kappa shape index (κ2) is 6.28. The zero-order valence-electron chi connectivity index (χ0n) is 13.2. The standard InChI is InChI=1S/C15H24N4O2/c1-5-11-7-12(18(4)17-11)9-19-13(6-10(2)3)15(21)16-8-14(19)20/h7,10,13H,5-6,8-9H2,1-4H3,(H,16,21). The Balaban J connectivity index is 2.21. The van der Waals surface area contributed by atoms with Crippen LogP contribution in [0.2, 0.25) is 0 Å². The van der Waals surface area contributed by atoms with Crippen LogP contribution in [0.15, 0.2) is 6.07 Å². The van der Waals surface area contributed by atoms with Gasteiger partial charge in [-0.05, 0) is 24.8 Å². The van der Waals surface area contributed by atoms with E-state index in [0.717, 1.165) is 17.8 Å². The van der Waals surface area contributed by atoms with Crippen molar-refractivity contribution < 1.29 is 9.59 Å². The summed E-state index contributed by atoms with van der Waals surface area (Å²) in [5.74, 6) is 0.271. The molecule has 2 rings (SSSR count). The molecule has 0 aromatic carbocycles. The number of nitrogens with zero attached hydrogens (tertiary/aromatic N) is 3. The van der Waals surface area contributed by atoms with Crippen molar-refractivity contribution in [3.63, 3.8) is 0 Å². The highest BCUT2D eigenvalue weighted by Crippen LogP contribution is 2.18. The predicted molar refractivity (Wildman–Crippen MR) is 79.4 cm³/mol. The lowest BCUT2D eigenvalue weighted by Crippen LogP contribution is -2.58. The number of aryl methyl sites for hydroxylation is 2. The molecule has 1 aromatic rings. The average molecular weight is 292 g/mol. The van der Waals surface area contributed by atoms with Crippen molar-refractivity contribution in [1.82, 2.24) is 20.0 Å². The van der Waals surface area contributed by atoms with E-state index in [2.05, 4.69) is 24.3 Å². The van der Waals surface area contributed by atoms with Gasteiger partial charge in [-0.1, -0.05) is 20.8 Å². The monoisotopic (exact) mass is 292 g/mol. The molecule has 0 bridgehead atoms. The second-order valence-electron chi connectivity index (χ2n) is 5.99. The third-order valence-electron chi connectivity index (χ3n) is 3.83. The van der Waals surface area contributed by atoms with Gasteiger partial charge < -0.3 is 10.2 Å². The maximum atomic E-state index is 12.2. The first-order valence-electron chi connectivity index (χ1n) is 7.51. The van der Waals surface area contributed by atoms with Crippen LogP contribution in [0.4, 0.5) is 0 Å². The number of nitrogens with one attached hydrogen (secondary N) is 1. The van der Waals surface area contributed by atoms with Gasteiger partial charge in [0.15, 0.2) is 0 Å². The minimum atomic E-state index is -0.383. The van der Waals surface area contributed by atoms with Crippen LogP contribution in [0.25, 0.3) is 0 Å². The summed E-state index contributed by atoms with van der Waals surface area (Å²) in [6.07, 6.45) is 1.54. The Bertz CT molecular complexity index is 536. The SMILES string of the molecule is CCc1cc(CN2C(=O)CNC(=O)C2CC(C)C)n(C)n1. The fourth-order valence-electron chi connectivity index (χ4n) is 2.64. The van der Waals surface area contributed by atoms with E-state index in [0.29, 0.717) is 18.9 Å². The zero-order chi connectivity index (χ0) is 15.6. The highest BCUT2D eigenvalue weighted by Gasteiger charge is 2.35. The van der Waals surface area contributed by atoms with E-state index in [9.17, 15) is 9.59 Å². The molecule has 1 aliphatic rings. The number of rotatable bonds is 5. The normalized spacial score (nSPS) is 19.3. The molecule has 1 aliphatic heterocycles. The molecular weight excluding hydrogens is 268 g/mol. The summed E-state index contributed by atoms with van der Waals surface area (Å²) in [7, 11) is 1.88. The molecule has 0 spiro atoms. The van der Waals surface area contributed by atoms with Crippen LogP contribution in [0.1, 0.15) is 38.6 Å². The third kappa shape index (κ3) is 3.43. The van der Waals surface area contributed by atoms with Crippen LogP contribution in [0, 0.1) is 5.92 Å². The molecule has 1 atom stereocenters. The Morgan fingerprint density at radius 3 is 2.71 bits per heavy atom. The number of amides is 2. The van der Waals surface area contributed by atoms with Gasteiger partial charge in [0, 0.05) is 7.05 Å². The molecule has 1 fully saturated rings. The van der Waals surface area contributed by atoms with Crippen LogP contribution < -0.4 is 5.32 Å². The Morgan fingerprint density at radius 1 is 1.43 bits per heavy atom. The van der Waals surface area contributed by atoms with Crippen LogP contribution >= 0.6 is 0 Å². The molecule has 6 nitrogen and oxygen atoms in total. The summed E-state index contributed by atoms with van der Waals surface area (Å²) < 4.78 is 1.80. The minimum absolute atomic E-state index is 0.0282. The fourth-order valence-corrected chi connectivity index (χ4v) is 2.64. The van der Waals surface area contributed by atoms with Crippen molar-refractivity contribution in [3.05, 3.63) is 17.5 Å². The van der Waals surface area contributed by atoms with Crippen molar-refractivity contribution in [2.24, 2.45) is 13.0 Å². The molecule has 6 heteroatoms. The van der Waals surface area contributed by atoms with Crippen LogP contribution in [0.3, 0.4) is 0 Å². The summed E-state index contributed by atoms with van der Waals surface area (Å²) in [6.45, 7) is 6.69. The summed E-state index contributed by atoms with van der Waals surface area (Å²) in [5.41, 5.74) is 1.96. The smallest absolute Gasteiger partial charge is 0.243 e. The fraction of sp³-hybridized carbons (Fsp3) is 0.667. The molecule has 0 saturated carbocycles. The van der Waals surface area contributed by atoms with Gasteiger partial charge >= 0.3 is 0 Å².